The third-order valence-electron chi connectivity index (χ3n) is 2.99. The number of rotatable bonds is 5. The van der Waals surface area contributed by atoms with Gasteiger partial charge in [0.15, 0.2) is 0 Å². The number of hydrogen-bond donors (Lipinski definition) is 2. The van der Waals surface area contributed by atoms with Gasteiger partial charge < -0.3 is 10.6 Å². The highest BCUT2D eigenvalue weighted by Gasteiger charge is 2.03. The minimum atomic E-state index is -0.226. The predicted octanol–water partition coefficient (Wildman–Crippen LogP) is 3.82. The van der Waals surface area contributed by atoms with Crippen molar-refractivity contribution in [3.63, 3.8) is 0 Å². The molecule has 2 N–H and O–H groups in total. The number of nitrogens with zero attached hydrogens (tertiary/aromatic N) is 1. The van der Waals surface area contributed by atoms with Gasteiger partial charge in [-0.2, -0.15) is 0 Å². The van der Waals surface area contributed by atoms with E-state index in [1.807, 2.05) is 43.3 Å². The fraction of sp³-hybridized carbons (Fsp3) is 0.250. The van der Waals surface area contributed by atoms with E-state index in [2.05, 4.69) is 22.5 Å². The van der Waals surface area contributed by atoms with Crippen LogP contribution in [0.2, 0.25) is 0 Å². The standard InChI is InChI=1S/C16H19N3OS/c1-3-21-15-9-8-14(11-17-15)19-16(20)18-10-13-7-5-4-6-12(13)2/h4-9,11H,3,10H2,1-2H3,(H2,18,19,20). The minimum absolute atomic E-state index is 0.226. The van der Waals surface area contributed by atoms with Gasteiger partial charge in [0.2, 0.25) is 0 Å². The Bertz CT molecular complexity index is 599. The fourth-order valence-electron chi connectivity index (χ4n) is 1.85. The van der Waals surface area contributed by atoms with E-state index in [0.29, 0.717) is 12.2 Å². The molecular weight excluding hydrogens is 282 g/mol. The van der Waals surface area contributed by atoms with Crippen molar-refractivity contribution in [1.82, 2.24) is 10.3 Å². The third-order valence-corrected chi connectivity index (χ3v) is 3.81. The zero-order valence-electron chi connectivity index (χ0n) is 12.2. The summed E-state index contributed by atoms with van der Waals surface area (Å²) in [5.74, 6) is 0.983. The zero-order valence-corrected chi connectivity index (χ0v) is 13.0. The molecule has 1 heterocycles. The molecule has 0 atom stereocenters. The second-order valence-electron chi connectivity index (χ2n) is 4.55. The molecule has 1 aromatic heterocycles. The zero-order chi connectivity index (χ0) is 15.1. The lowest BCUT2D eigenvalue weighted by atomic mass is 10.1. The van der Waals surface area contributed by atoms with E-state index in [4.69, 9.17) is 0 Å². The van der Waals surface area contributed by atoms with Crippen LogP contribution in [0, 0.1) is 6.92 Å². The van der Waals surface area contributed by atoms with Crippen LogP contribution in [0.5, 0.6) is 0 Å². The Hall–Kier alpha value is -2.01. The molecule has 0 aliphatic rings. The lowest BCUT2D eigenvalue weighted by molar-refractivity contribution is 0.251. The molecule has 0 spiro atoms. The maximum atomic E-state index is 11.9. The van der Waals surface area contributed by atoms with Crippen molar-refractivity contribution in [2.45, 2.75) is 25.4 Å². The Morgan fingerprint density at radius 3 is 2.71 bits per heavy atom. The monoisotopic (exact) mass is 301 g/mol. The van der Waals surface area contributed by atoms with E-state index in [1.165, 1.54) is 5.56 Å². The van der Waals surface area contributed by atoms with E-state index in [9.17, 15) is 4.79 Å². The number of pyridine rings is 1. The Kier molecular flexibility index (Phi) is 5.63. The normalized spacial score (nSPS) is 10.2. The van der Waals surface area contributed by atoms with Crippen molar-refractivity contribution in [2.75, 3.05) is 11.1 Å². The molecule has 0 aliphatic heterocycles. The molecule has 4 nitrogen and oxygen atoms in total. The molecule has 0 unspecified atom stereocenters. The van der Waals surface area contributed by atoms with Gasteiger partial charge in [-0.15, -0.1) is 11.8 Å². The SMILES string of the molecule is CCSc1ccc(NC(=O)NCc2ccccc2C)cn1. The van der Waals surface area contributed by atoms with E-state index >= 15 is 0 Å². The number of carbonyl (C=O) groups excluding carboxylic acids is 1. The first-order valence-corrected chi connectivity index (χ1v) is 7.86. The predicted molar refractivity (Wildman–Crippen MR) is 87.7 cm³/mol. The first kappa shape index (κ1) is 15.4. The lowest BCUT2D eigenvalue weighted by Gasteiger charge is -2.09. The average Bonchev–Trinajstić information content (AvgIpc) is 2.49. The number of anilines is 1. The van der Waals surface area contributed by atoms with Gasteiger partial charge in [-0.25, -0.2) is 9.78 Å². The molecular formula is C16H19N3OS. The summed E-state index contributed by atoms with van der Waals surface area (Å²) in [4.78, 5) is 16.1. The smallest absolute Gasteiger partial charge is 0.319 e. The second-order valence-corrected chi connectivity index (χ2v) is 5.84. The van der Waals surface area contributed by atoms with E-state index in [1.54, 1.807) is 18.0 Å². The summed E-state index contributed by atoms with van der Waals surface area (Å²) < 4.78 is 0. The maximum Gasteiger partial charge on any atom is 0.319 e. The van der Waals surface area contributed by atoms with Crippen molar-refractivity contribution < 1.29 is 4.79 Å². The average molecular weight is 301 g/mol. The third kappa shape index (κ3) is 4.79. The molecule has 0 saturated carbocycles. The van der Waals surface area contributed by atoms with Crippen LogP contribution >= 0.6 is 11.8 Å². The molecule has 0 aliphatic carbocycles. The van der Waals surface area contributed by atoms with Crippen LogP contribution < -0.4 is 10.6 Å². The summed E-state index contributed by atoms with van der Waals surface area (Å²) in [5.41, 5.74) is 2.97. The lowest BCUT2D eigenvalue weighted by Crippen LogP contribution is -2.28. The maximum absolute atomic E-state index is 11.9. The fourth-order valence-corrected chi connectivity index (χ4v) is 2.43. The highest BCUT2D eigenvalue weighted by atomic mass is 32.2. The van der Waals surface area contributed by atoms with E-state index in [0.717, 1.165) is 16.3 Å². The highest BCUT2D eigenvalue weighted by Crippen LogP contribution is 2.16. The molecule has 0 bridgehead atoms. The molecule has 0 radical (unpaired) electrons. The molecule has 2 rings (SSSR count). The van der Waals surface area contributed by atoms with Crippen molar-refractivity contribution in [1.29, 1.82) is 0 Å². The minimum Gasteiger partial charge on any atom is -0.334 e. The topological polar surface area (TPSA) is 54.0 Å². The summed E-state index contributed by atoms with van der Waals surface area (Å²) in [6, 6.07) is 11.5. The second kappa shape index (κ2) is 7.69. The summed E-state index contributed by atoms with van der Waals surface area (Å²) in [7, 11) is 0. The number of carbonyl (C=O) groups is 1. The van der Waals surface area contributed by atoms with Crippen LogP contribution in [-0.4, -0.2) is 16.8 Å². The van der Waals surface area contributed by atoms with E-state index < -0.39 is 0 Å². The Morgan fingerprint density at radius 2 is 2.05 bits per heavy atom. The Balaban J connectivity index is 1.85. The van der Waals surface area contributed by atoms with Crippen LogP contribution in [-0.2, 0) is 6.54 Å². The number of aromatic nitrogens is 1. The highest BCUT2D eigenvalue weighted by molar-refractivity contribution is 7.99. The quantitative estimate of drug-likeness (QED) is 0.825. The molecule has 0 saturated heterocycles. The van der Waals surface area contributed by atoms with Crippen molar-refractivity contribution in [3.8, 4) is 0 Å². The van der Waals surface area contributed by atoms with Crippen LogP contribution in [0.4, 0.5) is 10.5 Å². The first-order chi connectivity index (χ1) is 10.2. The number of thioether (sulfide) groups is 1. The van der Waals surface area contributed by atoms with Gasteiger partial charge in [0.05, 0.1) is 16.9 Å². The molecule has 110 valence electrons. The van der Waals surface area contributed by atoms with Crippen molar-refractivity contribution in [3.05, 3.63) is 53.7 Å². The largest absolute Gasteiger partial charge is 0.334 e. The number of urea groups is 1. The van der Waals surface area contributed by atoms with Crippen LogP contribution in [0.1, 0.15) is 18.1 Å². The number of aryl methyl sites for hydroxylation is 1. The van der Waals surface area contributed by atoms with Crippen LogP contribution in [0.15, 0.2) is 47.6 Å². The molecule has 1 aromatic carbocycles. The van der Waals surface area contributed by atoms with Gasteiger partial charge >= 0.3 is 6.03 Å². The van der Waals surface area contributed by atoms with E-state index in [-0.39, 0.29) is 6.03 Å². The first-order valence-electron chi connectivity index (χ1n) is 6.87. The summed E-state index contributed by atoms with van der Waals surface area (Å²) in [6.45, 7) is 4.62. The summed E-state index contributed by atoms with van der Waals surface area (Å²) in [5, 5.41) is 6.59. The molecule has 5 heteroatoms. The van der Waals surface area contributed by atoms with Gasteiger partial charge in [0.25, 0.3) is 0 Å². The van der Waals surface area contributed by atoms with Gasteiger partial charge in [0, 0.05) is 6.54 Å². The summed E-state index contributed by atoms with van der Waals surface area (Å²) >= 11 is 1.67. The van der Waals surface area contributed by atoms with Crippen LogP contribution in [0.3, 0.4) is 0 Å². The number of nitrogens with one attached hydrogen (secondary N) is 2. The van der Waals surface area contributed by atoms with Gasteiger partial charge in [-0.3, -0.25) is 0 Å². The number of benzene rings is 1. The summed E-state index contributed by atoms with van der Waals surface area (Å²) in [6.07, 6.45) is 1.67. The number of hydrogen-bond acceptors (Lipinski definition) is 3. The Labute approximate surface area is 129 Å². The number of amides is 2. The van der Waals surface area contributed by atoms with Gasteiger partial charge in [-0.05, 0) is 35.9 Å². The molecule has 21 heavy (non-hydrogen) atoms. The Morgan fingerprint density at radius 1 is 1.24 bits per heavy atom. The van der Waals surface area contributed by atoms with Gasteiger partial charge in [-0.1, -0.05) is 31.2 Å². The molecule has 2 aromatic rings. The van der Waals surface area contributed by atoms with Crippen LogP contribution in [0.25, 0.3) is 0 Å². The van der Waals surface area contributed by atoms with Crippen molar-refractivity contribution in [2.24, 2.45) is 0 Å². The van der Waals surface area contributed by atoms with Gasteiger partial charge in [0.1, 0.15) is 0 Å². The van der Waals surface area contributed by atoms with Crippen molar-refractivity contribution >= 4 is 23.5 Å². The molecule has 0 fully saturated rings. The molecule has 2 amide bonds.